The lowest BCUT2D eigenvalue weighted by molar-refractivity contribution is 0.364. The molecule has 1 N–H and O–H groups in total. The number of nitriles is 1. The summed E-state index contributed by atoms with van der Waals surface area (Å²) < 4.78 is 1.93. The lowest BCUT2D eigenvalue weighted by Gasteiger charge is -2.23. The molecule has 2 rings (SSSR count). The van der Waals surface area contributed by atoms with Crippen LogP contribution in [0.25, 0.3) is 0 Å². The quantitative estimate of drug-likeness (QED) is 0.843. The zero-order valence-electron chi connectivity index (χ0n) is 12.7. The maximum atomic E-state index is 8.67. The second-order valence-electron chi connectivity index (χ2n) is 6.09. The van der Waals surface area contributed by atoms with Gasteiger partial charge in [0.1, 0.15) is 0 Å². The second kappa shape index (κ2) is 6.94. The first-order chi connectivity index (χ1) is 10.1. The van der Waals surface area contributed by atoms with Gasteiger partial charge in [-0.3, -0.25) is 4.68 Å². The van der Waals surface area contributed by atoms with Crippen molar-refractivity contribution in [3.8, 4) is 6.07 Å². The number of rotatable bonds is 7. The van der Waals surface area contributed by atoms with E-state index in [1.165, 1.54) is 5.56 Å². The molecule has 21 heavy (non-hydrogen) atoms. The van der Waals surface area contributed by atoms with Crippen LogP contribution in [-0.4, -0.2) is 16.3 Å². The molecule has 0 unspecified atom stereocenters. The van der Waals surface area contributed by atoms with Crippen LogP contribution in [0.15, 0.2) is 42.7 Å². The Labute approximate surface area is 126 Å². The van der Waals surface area contributed by atoms with Gasteiger partial charge < -0.3 is 5.32 Å². The Kier molecular flexibility index (Phi) is 4.99. The number of anilines is 1. The summed E-state index contributed by atoms with van der Waals surface area (Å²) in [7, 11) is 0. The fraction of sp³-hybridized carbons (Fsp3) is 0.412. The summed E-state index contributed by atoms with van der Waals surface area (Å²) in [4.78, 5) is 0. The summed E-state index contributed by atoms with van der Waals surface area (Å²) >= 11 is 0. The normalized spacial score (nSPS) is 11.1. The van der Waals surface area contributed by atoms with Gasteiger partial charge in [0.2, 0.25) is 0 Å². The van der Waals surface area contributed by atoms with Crippen LogP contribution in [0, 0.1) is 16.7 Å². The predicted molar refractivity (Wildman–Crippen MR) is 84.9 cm³/mol. The van der Waals surface area contributed by atoms with Crippen LogP contribution < -0.4 is 5.32 Å². The van der Waals surface area contributed by atoms with E-state index in [4.69, 9.17) is 5.26 Å². The van der Waals surface area contributed by atoms with Crippen molar-refractivity contribution in [2.24, 2.45) is 5.41 Å². The Bertz CT molecular complexity index is 593. The van der Waals surface area contributed by atoms with Crippen molar-refractivity contribution in [2.75, 3.05) is 11.9 Å². The molecular formula is C17H22N4. The van der Waals surface area contributed by atoms with Crippen LogP contribution >= 0.6 is 0 Å². The maximum Gasteiger partial charge on any atom is 0.0726 e. The third kappa shape index (κ3) is 4.96. The standard InChI is InChI=1S/C17H22N4/c1-17(2,9-6-10-18)14-19-16-11-20-21(13-16)12-15-7-4-3-5-8-15/h3-5,7-8,11,13,19H,6,9,12,14H2,1-2H3. The van der Waals surface area contributed by atoms with Gasteiger partial charge in [0.15, 0.2) is 0 Å². The molecule has 0 amide bonds. The molecule has 4 heteroatoms. The highest BCUT2D eigenvalue weighted by Gasteiger charge is 2.17. The van der Waals surface area contributed by atoms with Crippen molar-refractivity contribution >= 4 is 5.69 Å². The Morgan fingerprint density at radius 2 is 2.05 bits per heavy atom. The van der Waals surface area contributed by atoms with E-state index in [1.807, 2.05) is 35.3 Å². The molecule has 0 aliphatic heterocycles. The fourth-order valence-corrected chi connectivity index (χ4v) is 2.14. The largest absolute Gasteiger partial charge is 0.382 e. The molecule has 0 saturated heterocycles. The molecule has 4 nitrogen and oxygen atoms in total. The van der Waals surface area contributed by atoms with Crippen molar-refractivity contribution in [3.63, 3.8) is 0 Å². The zero-order valence-corrected chi connectivity index (χ0v) is 12.7. The highest BCUT2D eigenvalue weighted by molar-refractivity contribution is 5.38. The topological polar surface area (TPSA) is 53.6 Å². The molecule has 110 valence electrons. The molecule has 0 fully saturated rings. The van der Waals surface area contributed by atoms with Crippen LogP contribution in [0.4, 0.5) is 5.69 Å². The summed E-state index contributed by atoms with van der Waals surface area (Å²) in [6.07, 6.45) is 5.37. The summed E-state index contributed by atoms with van der Waals surface area (Å²) in [6, 6.07) is 12.5. The molecule has 2 aromatic rings. The molecule has 0 radical (unpaired) electrons. The van der Waals surface area contributed by atoms with E-state index in [0.29, 0.717) is 6.42 Å². The minimum absolute atomic E-state index is 0.108. The van der Waals surface area contributed by atoms with Crippen LogP contribution in [0.5, 0.6) is 0 Å². The van der Waals surface area contributed by atoms with Gasteiger partial charge in [0.05, 0.1) is 24.5 Å². The third-order valence-electron chi connectivity index (χ3n) is 3.51. The van der Waals surface area contributed by atoms with E-state index in [0.717, 1.165) is 25.2 Å². The van der Waals surface area contributed by atoms with E-state index >= 15 is 0 Å². The number of nitrogens with zero attached hydrogens (tertiary/aromatic N) is 3. The molecular weight excluding hydrogens is 260 g/mol. The van der Waals surface area contributed by atoms with Gasteiger partial charge >= 0.3 is 0 Å². The molecule has 1 aromatic heterocycles. The Morgan fingerprint density at radius 3 is 2.76 bits per heavy atom. The first kappa shape index (κ1) is 15.1. The first-order valence-corrected chi connectivity index (χ1v) is 7.26. The fourth-order valence-electron chi connectivity index (χ4n) is 2.14. The van der Waals surface area contributed by atoms with E-state index < -0.39 is 0 Å². The SMILES string of the molecule is CC(C)(CCC#N)CNc1cnn(Cc2ccccc2)c1. The Balaban J connectivity index is 1.87. The second-order valence-corrected chi connectivity index (χ2v) is 6.09. The van der Waals surface area contributed by atoms with Gasteiger partial charge in [0.25, 0.3) is 0 Å². The minimum atomic E-state index is 0.108. The maximum absolute atomic E-state index is 8.67. The molecule has 0 saturated carbocycles. The summed E-state index contributed by atoms with van der Waals surface area (Å²) in [6.45, 7) is 5.96. The van der Waals surface area contributed by atoms with Gasteiger partial charge in [-0.1, -0.05) is 44.2 Å². The molecule has 0 aliphatic rings. The number of hydrogen-bond acceptors (Lipinski definition) is 3. The molecule has 1 heterocycles. The van der Waals surface area contributed by atoms with Crippen LogP contribution in [-0.2, 0) is 6.54 Å². The van der Waals surface area contributed by atoms with E-state index in [2.05, 4.69) is 42.5 Å². The average molecular weight is 282 g/mol. The number of benzene rings is 1. The third-order valence-corrected chi connectivity index (χ3v) is 3.51. The zero-order chi connectivity index (χ0) is 15.1. The van der Waals surface area contributed by atoms with Crippen LogP contribution in [0.2, 0.25) is 0 Å². The van der Waals surface area contributed by atoms with Crippen LogP contribution in [0.3, 0.4) is 0 Å². The number of nitrogens with one attached hydrogen (secondary N) is 1. The summed E-state index contributed by atoms with van der Waals surface area (Å²) in [5.74, 6) is 0. The monoisotopic (exact) mass is 282 g/mol. The first-order valence-electron chi connectivity index (χ1n) is 7.26. The van der Waals surface area contributed by atoms with Crippen LogP contribution in [0.1, 0.15) is 32.3 Å². The van der Waals surface area contributed by atoms with Gasteiger partial charge in [-0.15, -0.1) is 0 Å². The van der Waals surface area contributed by atoms with Gasteiger partial charge in [-0.05, 0) is 17.4 Å². The Morgan fingerprint density at radius 1 is 1.29 bits per heavy atom. The molecule has 0 aliphatic carbocycles. The van der Waals surface area contributed by atoms with Crippen molar-refractivity contribution in [1.82, 2.24) is 9.78 Å². The smallest absolute Gasteiger partial charge is 0.0726 e. The number of hydrogen-bond donors (Lipinski definition) is 1. The summed E-state index contributed by atoms with van der Waals surface area (Å²) in [5.41, 5.74) is 2.37. The van der Waals surface area contributed by atoms with Gasteiger partial charge in [-0.25, -0.2) is 0 Å². The van der Waals surface area contributed by atoms with E-state index in [9.17, 15) is 0 Å². The predicted octanol–water partition coefficient (Wildman–Crippen LogP) is 3.67. The van der Waals surface area contributed by atoms with Crippen molar-refractivity contribution in [2.45, 2.75) is 33.2 Å². The van der Waals surface area contributed by atoms with Crippen molar-refractivity contribution in [1.29, 1.82) is 5.26 Å². The average Bonchev–Trinajstić information content (AvgIpc) is 2.92. The molecule has 0 atom stereocenters. The lowest BCUT2D eigenvalue weighted by atomic mass is 9.88. The molecule has 1 aromatic carbocycles. The highest BCUT2D eigenvalue weighted by Crippen LogP contribution is 2.22. The van der Waals surface area contributed by atoms with Gasteiger partial charge in [-0.2, -0.15) is 10.4 Å². The van der Waals surface area contributed by atoms with Gasteiger partial charge in [0, 0.05) is 19.2 Å². The molecule has 0 bridgehead atoms. The minimum Gasteiger partial charge on any atom is -0.382 e. The lowest BCUT2D eigenvalue weighted by Crippen LogP contribution is -2.22. The number of aromatic nitrogens is 2. The summed E-state index contributed by atoms with van der Waals surface area (Å²) in [5, 5.41) is 16.5. The van der Waals surface area contributed by atoms with E-state index in [-0.39, 0.29) is 5.41 Å². The Hall–Kier alpha value is -2.28. The highest BCUT2D eigenvalue weighted by atomic mass is 15.3. The molecule has 0 spiro atoms. The van der Waals surface area contributed by atoms with Crippen molar-refractivity contribution < 1.29 is 0 Å². The van der Waals surface area contributed by atoms with E-state index in [1.54, 1.807) is 0 Å². The van der Waals surface area contributed by atoms with Crippen molar-refractivity contribution in [3.05, 3.63) is 48.3 Å².